The third-order valence-electron chi connectivity index (χ3n) is 5.56. The van der Waals surface area contributed by atoms with Crippen LogP contribution >= 0.6 is 0 Å². The highest BCUT2D eigenvalue weighted by atomic mass is 16.5. The lowest BCUT2D eigenvalue weighted by Crippen LogP contribution is -2.49. The molecule has 1 aromatic heterocycles. The van der Waals surface area contributed by atoms with E-state index >= 15 is 0 Å². The maximum Gasteiger partial charge on any atom is 0.254 e. The second-order valence-electron chi connectivity index (χ2n) is 7.47. The van der Waals surface area contributed by atoms with Gasteiger partial charge in [0.1, 0.15) is 11.5 Å². The van der Waals surface area contributed by atoms with Gasteiger partial charge in [0.05, 0.1) is 19.9 Å². The van der Waals surface area contributed by atoms with Crippen LogP contribution in [0.25, 0.3) is 11.3 Å². The van der Waals surface area contributed by atoms with Crippen molar-refractivity contribution in [1.82, 2.24) is 15.1 Å². The number of aromatic nitrogens is 2. The van der Waals surface area contributed by atoms with Gasteiger partial charge in [-0.2, -0.15) is 0 Å². The van der Waals surface area contributed by atoms with Crippen molar-refractivity contribution in [1.29, 1.82) is 0 Å². The molecular weight excluding hydrogens is 392 g/mol. The predicted octanol–water partition coefficient (Wildman–Crippen LogP) is 3.43. The molecule has 1 aliphatic heterocycles. The summed E-state index contributed by atoms with van der Waals surface area (Å²) < 4.78 is 10.6. The fourth-order valence-electron chi connectivity index (χ4n) is 3.75. The Balaban J connectivity index is 1.42. The minimum absolute atomic E-state index is 0.0298. The summed E-state index contributed by atoms with van der Waals surface area (Å²) >= 11 is 0. The number of carbonyl (C=O) groups excluding carboxylic acids is 1. The first-order valence-electron chi connectivity index (χ1n) is 10.3. The average molecular weight is 418 g/mol. The van der Waals surface area contributed by atoms with Crippen LogP contribution in [0, 0.1) is 6.92 Å². The highest BCUT2D eigenvalue weighted by molar-refractivity contribution is 5.95. The Morgan fingerprint density at radius 1 is 0.871 bits per heavy atom. The van der Waals surface area contributed by atoms with E-state index in [0.717, 1.165) is 17.1 Å². The monoisotopic (exact) mass is 418 g/mol. The van der Waals surface area contributed by atoms with Gasteiger partial charge in [0.15, 0.2) is 5.82 Å². The van der Waals surface area contributed by atoms with Gasteiger partial charge >= 0.3 is 0 Å². The largest absolute Gasteiger partial charge is 0.497 e. The van der Waals surface area contributed by atoms with E-state index in [9.17, 15) is 4.79 Å². The molecule has 0 atom stereocenters. The van der Waals surface area contributed by atoms with Crippen LogP contribution in [0.1, 0.15) is 15.9 Å². The lowest BCUT2D eigenvalue weighted by atomic mass is 10.1. The molecule has 1 saturated heterocycles. The Bertz CT molecular complexity index is 1040. The lowest BCUT2D eigenvalue weighted by molar-refractivity contribution is 0.0745. The highest BCUT2D eigenvalue weighted by Crippen LogP contribution is 2.25. The molecular formula is C24H26N4O3. The topological polar surface area (TPSA) is 67.8 Å². The van der Waals surface area contributed by atoms with E-state index in [-0.39, 0.29) is 5.91 Å². The minimum Gasteiger partial charge on any atom is -0.497 e. The molecule has 7 nitrogen and oxygen atoms in total. The maximum absolute atomic E-state index is 13.0. The molecule has 31 heavy (non-hydrogen) atoms. The number of ether oxygens (including phenoxy) is 2. The Labute approximate surface area is 182 Å². The summed E-state index contributed by atoms with van der Waals surface area (Å²) in [4.78, 5) is 17.0. The highest BCUT2D eigenvalue weighted by Gasteiger charge is 2.24. The molecule has 4 rings (SSSR count). The second-order valence-corrected chi connectivity index (χ2v) is 7.47. The summed E-state index contributed by atoms with van der Waals surface area (Å²) in [6, 6.07) is 17.4. The van der Waals surface area contributed by atoms with Crippen LogP contribution in [-0.2, 0) is 0 Å². The molecule has 2 aromatic carbocycles. The molecule has 0 aliphatic carbocycles. The summed E-state index contributed by atoms with van der Waals surface area (Å²) in [6.45, 7) is 4.69. The van der Waals surface area contributed by atoms with Gasteiger partial charge in [0, 0.05) is 43.4 Å². The number of hydrogen-bond acceptors (Lipinski definition) is 6. The number of amides is 1. The fourth-order valence-corrected chi connectivity index (χ4v) is 3.75. The second kappa shape index (κ2) is 9.04. The van der Waals surface area contributed by atoms with Gasteiger partial charge in [0.25, 0.3) is 5.91 Å². The van der Waals surface area contributed by atoms with Crippen LogP contribution in [-0.4, -0.2) is 61.4 Å². The van der Waals surface area contributed by atoms with Crippen molar-refractivity contribution in [3.05, 3.63) is 65.7 Å². The van der Waals surface area contributed by atoms with Crippen LogP contribution in [0.2, 0.25) is 0 Å². The zero-order valence-electron chi connectivity index (χ0n) is 18.0. The van der Waals surface area contributed by atoms with Crippen LogP contribution in [0.15, 0.2) is 54.6 Å². The first kappa shape index (κ1) is 20.7. The molecule has 7 heteroatoms. The van der Waals surface area contributed by atoms with Crippen molar-refractivity contribution in [2.24, 2.45) is 0 Å². The third kappa shape index (κ3) is 4.45. The Morgan fingerprint density at radius 3 is 2.13 bits per heavy atom. The zero-order valence-corrected chi connectivity index (χ0v) is 18.0. The molecule has 160 valence electrons. The molecule has 1 aliphatic rings. The summed E-state index contributed by atoms with van der Waals surface area (Å²) in [5, 5.41) is 8.86. The Morgan fingerprint density at radius 2 is 1.55 bits per heavy atom. The number of methoxy groups -OCH3 is 2. The molecule has 0 saturated carbocycles. The Kier molecular flexibility index (Phi) is 6.02. The van der Waals surface area contributed by atoms with Crippen LogP contribution in [0.3, 0.4) is 0 Å². The van der Waals surface area contributed by atoms with Gasteiger partial charge in [-0.25, -0.2) is 0 Å². The zero-order chi connectivity index (χ0) is 21.8. The number of carbonyl (C=O) groups is 1. The quantitative estimate of drug-likeness (QED) is 0.632. The number of anilines is 1. The van der Waals surface area contributed by atoms with Crippen molar-refractivity contribution in [3.8, 4) is 22.8 Å². The smallest absolute Gasteiger partial charge is 0.254 e. The minimum atomic E-state index is -0.0298. The van der Waals surface area contributed by atoms with Crippen molar-refractivity contribution in [3.63, 3.8) is 0 Å². The number of aryl methyl sites for hydroxylation is 1. The fraction of sp³-hybridized carbons (Fsp3) is 0.292. The first-order chi connectivity index (χ1) is 15.1. The predicted molar refractivity (Wildman–Crippen MR) is 120 cm³/mol. The average Bonchev–Trinajstić information content (AvgIpc) is 2.83. The number of rotatable bonds is 5. The summed E-state index contributed by atoms with van der Waals surface area (Å²) in [5.41, 5.74) is 3.69. The normalized spacial score (nSPS) is 13.8. The summed E-state index contributed by atoms with van der Waals surface area (Å²) in [7, 11) is 3.15. The van der Waals surface area contributed by atoms with Gasteiger partial charge in [-0.05, 0) is 36.8 Å². The van der Waals surface area contributed by atoms with Gasteiger partial charge in [-0.3, -0.25) is 4.79 Å². The molecule has 0 radical (unpaired) electrons. The Hall–Kier alpha value is -3.61. The van der Waals surface area contributed by atoms with E-state index in [2.05, 4.69) is 34.2 Å². The van der Waals surface area contributed by atoms with Gasteiger partial charge in [-0.1, -0.05) is 24.3 Å². The van der Waals surface area contributed by atoms with E-state index in [1.807, 2.05) is 29.2 Å². The van der Waals surface area contributed by atoms with Crippen LogP contribution in [0.4, 0.5) is 5.82 Å². The number of nitrogens with zero attached hydrogens (tertiary/aromatic N) is 4. The van der Waals surface area contributed by atoms with E-state index < -0.39 is 0 Å². The van der Waals surface area contributed by atoms with Crippen molar-refractivity contribution in [2.45, 2.75) is 6.92 Å². The molecule has 1 fully saturated rings. The van der Waals surface area contributed by atoms with E-state index in [4.69, 9.17) is 9.47 Å². The van der Waals surface area contributed by atoms with Gasteiger partial charge in [-0.15, -0.1) is 10.2 Å². The van der Waals surface area contributed by atoms with Crippen molar-refractivity contribution in [2.75, 3.05) is 45.3 Å². The summed E-state index contributed by atoms with van der Waals surface area (Å²) in [5.74, 6) is 2.00. The first-order valence-corrected chi connectivity index (χ1v) is 10.3. The van der Waals surface area contributed by atoms with Crippen LogP contribution < -0.4 is 14.4 Å². The van der Waals surface area contributed by atoms with Gasteiger partial charge in [0.2, 0.25) is 0 Å². The summed E-state index contributed by atoms with van der Waals surface area (Å²) in [6.07, 6.45) is 0. The van der Waals surface area contributed by atoms with Crippen LogP contribution in [0.5, 0.6) is 11.5 Å². The number of benzene rings is 2. The number of hydrogen-bond donors (Lipinski definition) is 0. The maximum atomic E-state index is 13.0. The van der Waals surface area contributed by atoms with Crippen molar-refractivity contribution >= 4 is 11.7 Å². The molecule has 2 heterocycles. The molecule has 1 amide bonds. The lowest BCUT2D eigenvalue weighted by Gasteiger charge is -2.35. The standard InChI is InChI=1S/C24H26N4O3/c1-17-6-4-5-7-21(17)22-8-9-23(26-25-22)27-10-12-28(13-11-27)24(29)18-14-19(30-2)16-20(15-18)31-3/h4-9,14-16H,10-13H2,1-3H3. The van der Waals surface area contributed by atoms with E-state index in [1.54, 1.807) is 32.4 Å². The number of piperazine rings is 1. The SMILES string of the molecule is COc1cc(OC)cc(C(=O)N2CCN(c3ccc(-c4ccccc4C)nn3)CC2)c1. The molecule has 3 aromatic rings. The van der Waals surface area contributed by atoms with E-state index in [0.29, 0.717) is 43.2 Å². The molecule has 0 unspecified atom stereocenters. The third-order valence-corrected chi connectivity index (χ3v) is 5.56. The van der Waals surface area contributed by atoms with Crippen molar-refractivity contribution < 1.29 is 14.3 Å². The van der Waals surface area contributed by atoms with Gasteiger partial charge < -0.3 is 19.3 Å². The molecule has 0 bridgehead atoms. The molecule has 0 N–H and O–H groups in total. The molecule has 0 spiro atoms. The van der Waals surface area contributed by atoms with E-state index in [1.165, 1.54) is 5.56 Å².